The highest BCUT2D eigenvalue weighted by Crippen LogP contribution is 2.29. The van der Waals surface area contributed by atoms with Crippen LogP contribution in [0.1, 0.15) is 41.7 Å². The minimum atomic E-state index is -0.393. The molecule has 0 aromatic carbocycles. The highest BCUT2D eigenvalue weighted by molar-refractivity contribution is 5.85. The number of aryl methyl sites for hydroxylation is 2. The highest BCUT2D eigenvalue weighted by Gasteiger charge is 2.28. The lowest BCUT2D eigenvalue weighted by Gasteiger charge is -2.25. The van der Waals surface area contributed by atoms with E-state index in [1.54, 1.807) is 17.9 Å². The number of nitrogens with one attached hydrogen (secondary N) is 2. The molecule has 23 heavy (non-hydrogen) atoms. The number of carbonyl (C=O) groups is 1. The molecule has 3 rings (SSSR count). The van der Waals surface area contributed by atoms with Crippen LogP contribution in [0.3, 0.4) is 0 Å². The van der Waals surface area contributed by atoms with E-state index in [0.29, 0.717) is 0 Å². The van der Waals surface area contributed by atoms with Gasteiger partial charge in [-0.1, -0.05) is 0 Å². The van der Waals surface area contributed by atoms with Crippen molar-refractivity contribution < 1.29 is 4.79 Å². The maximum Gasteiger partial charge on any atom is 0.242 e. The molecule has 7 nitrogen and oxygen atoms in total. The predicted octanol–water partition coefficient (Wildman–Crippen LogP) is 1.03. The van der Waals surface area contributed by atoms with Gasteiger partial charge in [0.15, 0.2) is 0 Å². The Bertz CT molecular complexity index is 679. The summed E-state index contributed by atoms with van der Waals surface area (Å²) in [5, 5.41) is 14.7. The van der Waals surface area contributed by atoms with Crippen molar-refractivity contribution >= 4 is 18.3 Å². The van der Waals surface area contributed by atoms with Gasteiger partial charge in [-0.15, -0.1) is 12.4 Å². The van der Waals surface area contributed by atoms with E-state index >= 15 is 0 Å². The summed E-state index contributed by atoms with van der Waals surface area (Å²) in [6.07, 6.45) is 8.49. The molecule has 8 heteroatoms. The molecule has 2 aromatic rings. The molecule has 0 saturated carbocycles. The summed E-state index contributed by atoms with van der Waals surface area (Å²) in [5.41, 5.74) is 3.23. The number of fused-ring (bicyclic) bond motifs is 1. The molecule has 2 unspecified atom stereocenters. The molecule has 0 saturated heterocycles. The Labute approximate surface area is 141 Å². The molecule has 0 aliphatic heterocycles. The quantitative estimate of drug-likeness (QED) is 0.873. The summed E-state index contributed by atoms with van der Waals surface area (Å²) in [5.74, 6) is -0.0304. The third-order valence-electron chi connectivity index (χ3n) is 4.30. The first kappa shape index (κ1) is 17.5. The van der Waals surface area contributed by atoms with Crippen LogP contribution in [0.25, 0.3) is 0 Å². The summed E-state index contributed by atoms with van der Waals surface area (Å²) < 4.78 is 3.61. The summed E-state index contributed by atoms with van der Waals surface area (Å²) in [6.45, 7) is 0. The fourth-order valence-electron chi connectivity index (χ4n) is 3.15. The number of carbonyl (C=O) groups excluding carboxylic acids is 1. The zero-order chi connectivity index (χ0) is 15.7. The zero-order valence-electron chi connectivity index (χ0n) is 13.6. The third kappa shape index (κ3) is 3.40. The molecule has 0 bridgehead atoms. The first-order chi connectivity index (χ1) is 10.6. The molecule has 0 radical (unpaired) electrons. The maximum absolute atomic E-state index is 12.6. The molecule has 1 amide bonds. The lowest BCUT2D eigenvalue weighted by Crippen LogP contribution is -2.39. The Morgan fingerprint density at radius 2 is 2.13 bits per heavy atom. The number of amides is 1. The number of hydrogen-bond donors (Lipinski definition) is 2. The van der Waals surface area contributed by atoms with Crippen molar-refractivity contribution in [3.8, 4) is 0 Å². The largest absolute Gasteiger partial charge is 0.348 e. The Balaban J connectivity index is 0.00000192. The van der Waals surface area contributed by atoms with Gasteiger partial charge in [0, 0.05) is 37.1 Å². The molecule has 2 heterocycles. The lowest BCUT2D eigenvalue weighted by molar-refractivity contribution is -0.124. The third-order valence-corrected chi connectivity index (χ3v) is 4.30. The molecule has 126 valence electrons. The minimum absolute atomic E-state index is 0. The van der Waals surface area contributed by atoms with Crippen LogP contribution in [-0.4, -0.2) is 32.5 Å². The van der Waals surface area contributed by atoms with Gasteiger partial charge in [-0.2, -0.15) is 10.2 Å². The second kappa shape index (κ2) is 7.14. The van der Waals surface area contributed by atoms with E-state index in [1.807, 2.05) is 31.2 Å². The normalized spacial score (nSPS) is 18.0. The van der Waals surface area contributed by atoms with Crippen molar-refractivity contribution in [1.82, 2.24) is 30.2 Å². The van der Waals surface area contributed by atoms with Crippen molar-refractivity contribution in [1.29, 1.82) is 0 Å². The second-order valence-corrected chi connectivity index (χ2v) is 5.79. The zero-order valence-corrected chi connectivity index (χ0v) is 14.4. The fraction of sp³-hybridized carbons (Fsp3) is 0.533. The predicted molar refractivity (Wildman–Crippen MR) is 89.3 cm³/mol. The van der Waals surface area contributed by atoms with Crippen LogP contribution in [0.5, 0.6) is 0 Å². The molecular formula is C15H23ClN6O. The SMILES string of the molecule is CNC(C(=O)NC1CCCc2c1cnn2C)c1cnn(C)c1.Cl. The van der Waals surface area contributed by atoms with Gasteiger partial charge in [-0.25, -0.2) is 0 Å². The van der Waals surface area contributed by atoms with Crippen LogP contribution < -0.4 is 10.6 Å². The average molecular weight is 339 g/mol. The number of halogens is 1. The maximum atomic E-state index is 12.6. The van der Waals surface area contributed by atoms with Gasteiger partial charge < -0.3 is 10.6 Å². The molecular weight excluding hydrogens is 316 g/mol. The van der Waals surface area contributed by atoms with Crippen molar-refractivity contribution in [2.45, 2.75) is 31.3 Å². The monoisotopic (exact) mass is 338 g/mol. The standard InChI is InChI=1S/C15H22N6O.ClH/c1-16-14(10-7-17-20(2)9-10)15(22)19-12-5-4-6-13-11(12)8-18-21(13)3;/h7-9,12,14,16H,4-6H2,1-3H3,(H,19,22);1H. The summed E-state index contributed by atoms with van der Waals surface area (Å²) in [6, 6.07) is -0.354. The minimum Gasteiger partial charge on any atom is -0.348 e. The summed E-state index contributed by atoms with van der Waals surface area (Å²) in [4.78, 5) is 12.6. The molecule has 2 atom stereocenters. The summed E-state index contributed by atoms with van der Waals surface area (Å²) >= 11 is 0. The average Bonchev–Trinajstić information content (AvgIpc) is 3.08. The van der Waals surface area contributed by atoms with E-state index in [1.165, 1.54) is 5.69 Å². The number of aromatic nitrogens is 4. The van der Waals surface area contributed by atoms with E-state index in [0.717, 1.165) is 30.4 Å². The van der Waals surface area contributed by atoms with Crippen LogP contribution in [0, 0.1) is 0 Å². The van der Waals surface area contributed by atoms with Crippen LogP contribution >= 0.6 is 12.4 Å². The smallest absolute Gasteiger partial charge is 0.242 e. The Hall–Kier alpha value is -1.86. The van der Waals surface area contributed by atoms with Gasteiger partial charge in [0.05, 0.1) is 18.4 Å². The van der Waals surface area contributed by atoms with Crippen molar-refractivity contribution in [3.05, 3.63) is 35.4 Å². The van der Waals surface area contributed by atoms with E-state index in [2.05, 4.69) is 20.8 Å². The van der Waals surface area contributed by atoms with Crippen molar-refractivity contribution in [3.63, 3.8) is 0 Å². The number of likely N-dealkylation sites (N-methyl/N-ethyl adjacent to an activating group) is 1. The van der Waals surface area contributed by atoms with Gasteiger partial charge in [0.1, 0.15) is 6.04 Å². The van der Waals surface area contributed by atoms with E-state index < -0.39 is 6.04 Å². The topological polar surface area (TPSA) is 76.8 Å². The lowest BCUT2D eigenvalue weighted by atomic mass is 9.92. The van der Waals surface area contributed by atoms with Gasteiger partial charge in [-0.05, 0) is 26.3 Å². The van der Waals surface area contributed by atoms with Gasteiger partial charge in [-0.3, -0.25) is 14.2 Å². The van der Waals surface area contributed by atoms with E-state index in [-0.39, 0.29) is 24.4 Å². The highest BCUT2D eigenvalue weighted by atomic mass is 35.5. The Morgan fingerprint density at radius 1 is 1.35 bits per heavy atom. The molecule has 0 spiro atoms. The fourth-order valence-corrected chi connectivity index (χ4v) is 3.15. The number of nitrogens with zero attached hydrogens (tertiary/aromatic N) is 4. The molecule has 2 N–H and O–H groups in total. The second-order valence-electron chi connectivity index (χ2n) is 5.79. The van der Waals surface area contributed by atoms with Crippen molar-refractivity contribution in [2.24, 2.45) is 14.1 Å². The van der Waals surface area contributed by atoms with Gasteiger partial charge >= 0.3 is 0 Å². The first-order valence-corrected chi connectivity index (χ1v) is 7.57. The van der Waals surface area contributed by atoms with Crippen LogP contribution in [0.15, 0.2) is 18.6 Å². The summed E-state index contributed by atoms with van der Waals surface area (Å²) in [7, 11) is 5.58. The molecule has 0 fully saturated rings. The van der Waals surface area contributed by atoms with Crippen LogP contribution in [-0.2, 0) is 25.3 Å². The first-order valence-electron chi connectivity index (χ1n) is 7.57. The van der Waals surface area contributed by atoms with Gasteiger partial charge in [0.2, 0.25) is 5.91 Å². The van der Waals surface area contributed by atoms with Crippen LogP contribution in [0.4, 0.5) is 0 Å². The van der Waals surface area contributed by atoms with E-state index in [9.17, 15) is 4.79 Å². The molecule has 1 aliphatic carbocycles. The van der Waals surface area contributed by atoms with Gasteiger partial charge in [0.25, 0.3) is 0 Å². The van der Waals surface area contributed by atoms with Crippen LogP contribution in [0.2, 0.25) is 0 Å². The Kier molecular flexibility index (Phi) is 5.43. The Morgan fingerprint density at radius 3 is 2.78 bits per heavy atom. The molecule has 1 aliphatic rings. The van der Waals surface area contributed by atoms with Crippen molar-refractivity contribution in [2.75, 3.05) is 7.05 Å². The van der Waals surface area contributed by atoms with E-state index in [4.69, 9.17) is 0 Å². The number of hydrogen-bond acceptors (Lipinski definition) is 4. The molecule has 2 aromatic heterocycles. The number of rotatable bonds is 4.